The third kappa shape index (κ3) is 6.31. The zero-order chi connectivity index (χ0) is 19.1. The molecule has 7 heteroatoms. The van der Waals surface area contributed by atoms with Crippen LogP contribution in [-0.2, 0) is 32.0 Å². The first-order chi connectivity index (χ1) is 13.1. The van der Waals surface area contributed by atoms with Gasteiger partial charge in [-0.2, -0.15) is 0 Å². The Hall–Kier alpha value is -3.06. The lowest BCUT2D eigenvalue weighted by Gasteiger charge is -2.17. The summed E-state index contributed by atoms with van der Waals surface area (Å²) < 4.78 is 15.4. The highest BCUT2D eigenvalue weighted by atomic mass is 16.6. The third-order valence-corrected chi connectivity index (χ3v) is 3.98. The van der Waals surface area contributed by atoms with Crippen LogP contribution >= 0.6 is 0 Å². The fourth-order valence-electron chi connectivity index (χ4n) is 2.41. The number of aromatic hydroxyl groups is 1. The van der Waals surface area contributed by atoms with E-state index in [1.54, 1.807) is 12.1 Å². The van der Waals surface area contributed by atoms with Gasteiger partial charge in [-0.15, -0.1) is 0 Å². The topological polar surface area (TPSA) is 97.4 Å². The summed E-state index contributed by atoms with van der Waals surface area (Å²) in [5.41, 5.74) is 1.61. The smallest absolute Gasteiger partial charge is 0.408 e. The largest absolute Gasteiger partial charge is 0.508 e. The number of rotatable bonds is 8. The molecule has 142 valence electrons. The van der Waals surface area contributed by atoms with Crippen LogP contribution in [0.2, 0.25) is 0 Å². The van der Waals surface area contributed by atoms with Gasteiger partial charge in [0.25, 0.3) is 0 Å². The molecule has 1 aliphatic heterocycles. The minimum Gasteiger partial charge on any atom is -0.508 e. The number of carbonyl (C=O) groups excluding carboxylic acids is 2. The van der Waals surface area contributed by atoms with E-state index in [2.05, 4.69) is 5.32 Å². The Morgan fingerprint density at radius 1 is 1.07 bits per heavy atom. The second-order valence-corrected chi connectivity index (χ2v) is 6.21. The molecule has 0 aliphatic carbocycles. The average Bonchev–Trinajstić information content (AvgIpc) is 3.51. The zero-order valence-electron chi connectivity index (χ0n) is 14.7. The van der Waals surface area contributed by atoms with E-state index in [1.165, 1.54) is 12.1 Å². The SMILES string of the molecule is O=C(N[C@@H](Cc1ccc(O)cc1)C(=O)OCC1CO1)OCc1ccccc1. The Morgan fingerprint density at radius 3 is 2.44 bits per heavy atom. The van der Waals surface area contributed by atoms with Crippen LogP contribution in [0.1, 0.15) is 11.1 Å². The van der Waals surface area contributed by atoms with Crippen LogP contribution in [0.15, 0.2) is 54.6 Å². The van der Waals surface area contributed by atoms with E-state index in [-0.39, 0.29) is 31.5 Å². The summed E-state index contributed by atoms with van der Waals surface area (Å²) in [6, 6.07) is 14.7. The Morgan fingerprint density at radius 2 is 1.78 bits per heavy atom. The molecular formula is C20H21NO6. The Labute approximate surface area is 156 Å². The van der Waals surface area contributed by atoms with Gasteiger partial charge in [0.05, 0.1) is 6.61 Å². The lowest BCUT2D eigenvalue weighted by molar-refractivity contribution is -0.146. The molecule has 7 nitrogen and oxygen atoms in total. The maximum absolute atomic E-state index is 12.4. The minimum absolute atomic E-state index is 0.0618. The van der Waals surface area contributed by atoms with Crippen LogP contribution in [0.4, 0.5) is 4.79 Å². The van der Waals surface area contributed by atoms with Crippen molar-refractivity contribution < 1.29 is 28.9 Å². The van der Waals surface area contributed by atoms with Crippen LogP contribution in [0.5, 0.6) is 5.75 Å². The van der Waals surface area contributed by atoms with Crippen LogP contribution in [0.25, 0.3) is 0 Å². The normalized spacial score (nSPS) is 16.2. The molecule has 2 aromatic rings. The highest BCUT2D eigenvalue weighted by Gasteiger charge is 2.28. The van der Waals surface area contributed by atoms with Gasteiger partial charge in [-0.25, -0.2) is 9.59 Å². The molecule has 1 saturated heterocycles. The molecule has 1 unspecified atom stereocenters. The van der Waals surface area contributed by atoms with Crippen LogP contribution in [0.3, 0.4) is 0 Å². The molecule has 2 N–H and O–H groups in total. The molecule has 0 aromatic heterocycles. The van der Waals surface area contributed by atoms with Gasteiger partial charge in [-0.3, -0.25) is 0 Å². The Balaban J connectivity index is 1.57. The first-order valence-electron chi connectivity index (χ1n) is 8.63. The maximum atomic E-state index is 12.4. The lowest BCUT2D eigenvalue weighted by atomic mass is 10.1. The number of benzene rings is 2. The number of nitrogens with one attached hydrogen (secondary N) is 1. The van der Waals surface area contributed by atoms with Gasteiger partial charge < -0.3 is 24.6 Å². The summed E-state index contributed by atoms with van der Waals surface area (Å²) >= 11 is 0. The van der Waals surface area contributed by atoms with E-state index in [0.717, 1.165) is 11.1 Å². The van der Waals surface area contributed by atoms with Gasteiger partial charge in [0.1, 0.15) is 31.1 Å². The molecule has 2 aromatic carbocycles. The maximum Gasteiger partial charge on any atom is 0.408 e. The molecule has 27 heavy (non-hydrogen) atoms. The molecule has 3 rings (SSSR count). The van der Waals surface area contributed by atoms with Crippen molar-refractivity contribution in [2.24, 2.45) is 0 Å². The average molecular weight is 371 g/mol. The van der Waals surface area contributed by atoms with Gasteiger partial charge in [-0.05, 0) is 23.3 Å². The second-order valence-electron chi connectivity index (χ2n) is 6.21. The van der Waals surface area contributed by atoms with Crippen molar-refractivity contribution in [3.8, 4) is 5.75 Å². The van der Waals surface area contributed by atoms with E-state index in [1.807, 2.05) is 30.3 Å². The van der Waals surface area contributed by atoms with Gasteiger partial charge >= 0.3 is 12.1 Å². The van der Waals surface area contributed by atoms with E-state index in [9.17, 15) is 14.7 Å². The first-order valence-corrected chi connectivity index (χ1v) is 8.63. The van der Waals surface area contributed by atoms with E-state index in [0.29, 0.717) is 6.61 Å². The number of alkyl carbamates (subject to hydrolysis) is 1. The number of ether oxygens (including phenoxy) is 3. The summed E-state index contributed by atoms with van der Waals surface area (Å²) in [7, 11) is 0. The van der Waals surface area contributed by atoms with Crippen molar-refractivity contribution in [3.63, 3.8) is 0 Å². The number of carbonyl (C=O) groups is 2. The monoisotopic (exact) mass is 371 g/mol. The molecule has 1 heterocycles. The summed E-state index contributed by atoms with van der Waals surface area (Å²) in [6.07, 6.45) is -0.555. The van der Waals surface area contributed by atoms with Gasteiger partial charge in [0.15, 0.2) is 0 Å². The van der Waals surface area contributed by atoms with Crippen molar-refractivity contribution in [2.45, 2.75) is 25.2 Å². The number of phenolic OH excluding ortho intramolecular Hbond substituents is 1. The summed E-state index contributed by atoms with van der Waals surface area (Å²) in [5.74, 6) is -0.436. The fraction of sp³-hybridized carbons (Fsp3) is 0.300. The highest BCUT2D eigenvalue weighted by Crippen LogP contribution is 2.13. The van der Waals surface area contributed by atoms with E-state index < -0.39 is 18.1 Å². The Bertz CT molecular complexity index is 758. The van der Waals surface area contributed by atoms with Crippen LogP contribution in [-0.4, -0.2) is 42.5 Å². The molecule has 0 bridgehead atoms. The Kier molecular flexibility index (Phi) is 6.27. The molecule has 1 amide bonds. The van der Waals surface area contributed by atoms with E-state index >= 15 is 0 Å². The molecule has 1 fully saturated rings. The van der Waals surface area contributed by atoms with Gasteiger partial charge in [-0.1, -0.05) is 42.5 Å². The summed E-state index contributed by atoms with van der Waals surface area (Å²) in [4.78, 5) is 24.5. The number of hydrogen-bond donors (Lipinski definition) is 2. The quantitative estimate of drug-likeness (QED) is 0.545. The number of hydrogen-bond acceptors (Lipinski definition) is 6. The fourth-order valence-corrected chi connectivity index (χ4v) is 2.41. The standard InChI is InChI=1S/C20H21NO6/c22-16-8-6-14(7-9-16)10-18(19(23)26-13-17-12-25-17)21-20(24)27-11-15-4-2-1-3-5-15/h1-9,17-18,22H,10-13H2,(H,21,24)/t17?,18-/m0/s1. The first kappa shape index (κ1) is 18.7. The highest BCUT2D eigenvalue weighted by molar-refractivity contribution is 5.81. The number of epoxide rings is 1. The predicted molar refractivity (Wildman–Crippen MR) is 96.1 cm³/mol. The van der Waals surface area contributed by atoms with Crippen molar-refractivity contribution in [1.29, 1.82) is 0 Å². The second kappa shape index (κ2) is 9.05. The van der Waals surface area contributed by atoms with Crippen molar-refractivity contribution in [2.75, 3.05) is 13.2 Å². The molecule has 0 spiro atoms. The number of amides is 1. The van der Waals surface area contributed by atoms with Gasteiger partial charge in [0, 0.05) is 6.42 Å². The third-order valence-electron chi connectivity index (χ3n) is 3.98. The summed E-state index contributed by atoms with van der Waals surface area (Å²) in [6.45, 7) is 0.831. The van der Waals surface area contributed by atoms with Gasteiger partial charge in [0.2, 0.25) is 0 Å². The molecule has 2 atom stereocenters. The summed E-state index contributed by atoms with van der Waals surface area (Å²) in [5, 5.41) is 11.9. The molecule has 0 radical (unpaired) electrons. The number of esters is 1. The minimum atomic E-state index is -0.906. The van der Waals surface area contributed by atoms with Crippen LogP contribution in [0, 0.1) is 0 Å². The molecule has 1 aliphatic rings. The van der Waals surface area contributed by atoms with E-state index in [4.69, 9.17) is 14.2 Å². The molecular weight excluding hydrogens is 350 g/mol. The predicted octanol–water partition coefficient (Wildman–Crippen LogP) is 2.17. The van der Waals surface area contributed by atoms with Crippen molar-refractivity contribution >= 4 is 12.1 Å². The van der Waals surface area contributed by atoms with Crippen molar-refractivity contribution in [1.82, 2.24) is 5.32 Å². The van der Waals surface area contributed by atoms with Crippen LogP contribution < -0.4 is 5.32 Å². The lowest BCUT2D eigenvalue weighted by Crippen LogP contribution is -2.43. The van der Waals surface area contributed by atoms with Crippen molar-refractivity contribution in [3.05, 3.63) is 65.7 Å². The zero-order valence-corrected chi connectivity index (χ0v) is 14.7. The molecule has 0 saturated carbocycles. The number of phenols is 1.